The van der Waals surface area contributed by atoms with Gasteiger partial charge in [0.25, 0.3) is 5.69 Å². The van der Waals surface area contributed by atoms with Crippen LogP contribution in [-0.2, 0) is 22.6 Å². The Hall–Kier alpha value is -2.16. The van der Waals surface area contributed by atoms with E-state index in [9.17, 15) is 4.79 Å². The Bertz CT molecular complexity index is 760. The Morgan fingerprint density at radius 1 is 0.880 bits per heavy atom. The maximum absolute atomic E-state index is 12.0. The molecule has 0 aliphatic heterocycles. The standard InChI is InChI=1S/C22H30NO2/c1-21(2,3)17-11-16(12-18(14-17)22(4,5)6)15-9-10-23(7)19(13-15)20(24)25-8/h9-14H,1-8H3/q+1. The van der Waals surface area contributed by atoms with Gasteiger partial charge in [-0.2, -0.15) is 4.57 Å². The Balaban J connectivity index is 2.68. The van der Waals surface area contributed by atoms with E-state index in [1.54, 1.807) is 4.57 Å². The van der Waals surface area contributed by atoms with Gasteiger partial charge in [-0.3, -0.25) is 0 Å². The van der Waals surface area contributed by atoms with Crippen molar-refractivity contribution in [3.8, 4) is 11.1 Å². The molecule has 2 rings (SSSR count). The average Bonchev–Trinajstić information content (AvgIpc) is 2.52. The van der Waals surface area contributed by atoms with Crippen LogP contribution in [0.4, 0.5) is 0 Å². The third-order valence-electron chi connectivity index (χ3n) is 4.54. The molecule has 0 spiro atoms. The fourth-order valence-electron chi connectivity index (χ4n) is 2.72. The van der Waals surface area contributed by atoms with E-state index in [1.165, 1.54) is 18.2 Å². The normalized spacial score (nSPS) is 12.2. The summed E-state index contributed by atoms with van der Waals surface area (Å²) in [5, 5.41) is 0. The van der Waals surface area contributed by atoms with Gasteiger partial charge in [-0.25, -0.2) is 4.79 Å². The highest BCUT2D eigenvalue weighted by molar-refractivity contribution is 5.87. The van der Waals surface area contributed by atoms with E-state index >= 15 is 0 Å². The number of aryl methyl sites for hydroxylation is 1. The van der Waals surface area contributed by atoms with E-state index in [1.807, 2.05) is 25.4 Å². The number of pyridine rings is 1. The van der Waals surface area contributed by atoms with Gasteiger partial charge in [-0.15, -0.1) is 0 Å². The number of nitrogens with zero attached hydrogens (tertiary/aromatic N) is 1. The van der Waals surface area contributed by atoms with Crippen molar-refractivity contribution in [3.05, 3.63) is 53.3 Å². The summed E-state index contributed by atoms with van der Waals surface area (Å²) in [6, 6.07) is 10.7. The minimum Gasteiger partial charge on any atom is -0.461 e. The lowest BCUT2D eigenvalue weighted by Gasteiger charge is -2.26. The molecule has 0 radical (unpaired) electrons. The molecule has 1 heterocycles. The largest absolute Gasteiger partial charge is 0.461 e. The maximum atomic E-state index is 12.0. The number of hydrogen-bond donors (Lipinski definition) is 0. The molecule has 0 saturated heterocycles. The first-order valence-corrected chi connectivity index (χ1v) is 8.68. The highest BCUT2D eigenvalue weighted by Crippen LogP contribution is 2.33. The summed E-state index contributed by atoms with van der Waals surface area (Å²) >= 11 is 0. The second kappa shape index (κ2) is 6.62. The van der Waals surface area contributed by atoms with Crippen LogP contribution in [0.3, 0.4) is 0 Å². The molecular weight excluding hydrogens is 310 g/mol. The Labute approximate surface area is 151 Å². The topological polar surface area (TPSA) is 30.2 Å². The summed E-state index contributed by atoms with van der Waals surface area (Å²) in [5.41, 5.74) is 5.39. The van der Waals surface area contributed by atoms with Gasteiger partial charge in [-0.1, -0.05) is 59.7 Å². The molecule has 0 aliphatic rings. The van der Waals surface area contributed by atoms with Gasteiger partial charge < -0.3 is 4.74 Å². The number of carbonyl (C=O) groups is 1. The smallest absolute Gasteiger partial charge is 0.403 e. The molecule has 1 aromatic carbocycles. The molecule has 0 atom stereocenters. The van der Waals surface area contributed by atoms with Crippen LogP contribution in [0.2, 0.25) is 0 Å². The second-order valence-corrected chi connectivity index (χ2v) is 8.70. The van der Waals surface area contributed by atoms with Crippen LogP contribution in [0.1, 0.15) is 63.2 Å². The van der Waals surface area contributed by atoms with Crippen LogP contribution >= 0.6 is 0 Å². The van der Waals surface area contributed by atoms with Crippen LogP contribution < -0.4 is 4.57 Å². The van der Waals surface area contributed by atoms with Crippen molar-refractivity contribution in [3.63, 3.8) is 0 Å². The SMILES string of the molecule is COC(=O)c1cc(-c2cc(C(C)(C)C)cc(C(C)(C)C)c2)cc[n+]1C. The first kappa shape index (κ1) is 19.2. The van der Waals surface area contributed by atoms with Crippen molar-refractivity contribution in [2.75, 3.05) is 7.11 Å². The van der Waals surface area contributed by atoms with E-state index in [-0.39, 0.29) is 16.8 Å². The van der Waals surface area contributed by atoms with Crippen molar-refractivity contribution >= 4 is 5.97 Å². The molecular formula is C22H30NO2+. The predicted molar refractivity (Wildman–Crippen MR) is 102 cm³/mol. The van der Waals surface area contributed by atoms with E-state index in [4.69, 9.17) is 4.74 Å². The van der Waals surface area contributed by atoms with Crippen LogP contribution in [0, 0.1) is 0 Å². The molecule has 0 bridgehead atoms. The average molecular weight is 340 g/mol. The Morgan fingerprint density at radius 2 is 1.40 bits per heavy atom. The summed E-state index contributed by atoms with van der Waals surface area (Å²) in [5.74, 6) is -0.327. The van der Waals surface area contributed by atoms with E-state index in [0.29, 0.717) is 5.69 Å². The van der Waals surface area contributed by atoms with Crippen molar-refractivity contribution in [1.29, 1.82) is 0 Å². The van der Waals surface area contributed by atoms with Crippen molar-refractivity contribution in [1.82, 2.24) is 0 Å². The maximum Gasteiger partial charge on any atom is 0.403 e. The van der Waals surface area contributed by atoms with Crippen LogP contribution in [-0.4, -0.2) is 13.1 Å². The fourth-order valence-corrected chi connectivity index (χ4v) is 2.72. The van der Waals surface area contributed by atoms with Gasteiger partial charge in [0.15, 0.2) is 6.20 Å². The third-order valence-corrected chi connectivity index (χ3v) is 4.54. The van der Waals surface area contributed by atoms with Crippen molar-refractivity contribution in [2.24, 2.45) is 7.05 Å². The number of ether oxygens (including phenoxy) is 1. The summed E-state index contributed by atoms with van der Waals surface area (Å²) in [4.78, 5) is 12.0. The summed E-state index contributed by atoms with van der Waals surface area (Å²) in [6.07, 6.45) is 1.90. The van der Waals surface area contributed by atoms with Gasteiger partial charge in [0.1, 0.15) is 7.05 Å². The van der Waals surface area contributed by atoms with Gasteiger partial charge in [0.05, 0.1) is 7.11 Å². The van der Waals surface area contributed by atoms with Crippen LogP contribution in [0.5, 0.6) is 0 Å². The monoisotopic (exact) mass is 340 g/mol. The lowest BCUT2D eigenvalue weighted by atomic mass is 9.79. The van der Waals surface area contributed by atoms with Gasteiger partial charge >= 0.3 is 5.97 Å². The summed E-state index contributed by atoms with van der Waals surface area (Å²) in [7, 11) is 3.26. The molecule has 134 valence electrons. The number of rotatable bonds is 2. The quantitative estimate of drug-likeness (QED) is 0.592. The second-order valence-electron chi connectivity index (χ2n) is 8.70. The first-order valence-electron chi connectivity index (χ1n) is 8.68. The van der Waals surface area contributed by atoms with Gasteiger partial charge in [0.2, 0.25) is 0 Å². The third kappa shape index (κ3) is 4.28. The number of hydrogen-bond acceptors (Lipinski definition) is 2. The molecule has 0 fully saturated rings. The minimum atomic E-state index is -0.327. The van der Waals surface area contributed by atoms with Crippen LogP contribution in [0.25, 0.3) is 11.1 Å². The minimum absolute atomic E-state index is 0.0562. The first-order chi connectivity index (χ1) is 11.4. The molecule has 3 heteroatoms. The van der Waals surface area contributed by atoms with E-state index in [0.717, 1.165) is 11.1 Å². The summed E-state index contributed by atoms with van der Waals surface area (Å²) < 4.78 is 6.69. The molecule has 0 amide bonds. The highest BCUT2D eigenvalue weighted by Gasteiger charge is 2.23. The van der Waals surface area contributed by atoms with Crippen molar-refractivity contribution in [2.45, 2.75) is 52.4 Å². The number of methoxy groups -OCH3 is 1. The van der Waals surface area contributed by atoms with E-state index in [2.05, 4.69) is 59.7 Å². The Kier molecular flexibility index (Phi) is 5.08. The molecule has 3 nitrogen and oxygen atoms in total. The lowest BCUT2D eigenvalue weighted by molar-refractivity contribution is -0.674. The predicted octanol–water partition coefficient (Wildman–Crippen LogP) is 4.56. The molecule has 0 unspecified atom stereocenters. The van der Waals surface area contributed by atoms with E-state index < -0.39 is 0 Å². The highest BCUT2D eigenvalue weighted by atomic mass is 16.5. The number of carbonyl (C=O) groups excluding carboxylic acids is 1. The lowest BCUT2D eigenvalue weighted by Crippen LogP contribution is -2.36. The molecule has 0 N–H and O–H groups in total. The number of aromatic nitrogens is 1. The zero-order valence-corrected chi connectivity index (χ0v) is 16.7. The van der Waals surface area contributed by atoms with Crippen molar-refractivity contribution < 1.29 is 14.1 Å². The molecule has 0 aliphatic carbocycles. The zero-order valence-electron chi connectivity index (χ0n) is 16.7. The molecule has 0 saturated carbocycles. The molecule has 2 aromatic rings. The number of benzene rings is 1. The molecule has 25 heavy (non-hydrogen) atoms. The summed E-state index contributed by atoms with van der Waals surface area (Å²) in [6.45, 7) is 13.4. The fraction of sp³-hybridized carbons (Fsp3) is 0.455. The van der Waals surface area contributed by atoms with Gasteiger partial charge in [-0.05, 0) is 33.1 Å². The number of esters is 1. The van der Waals surface area contributed by atoms with Gasteiger partial charge in [0, 0.05) is 12.1 Å². The van der Waals surface area contributed by atoms with Crippen LogP contribution in [0.15, 0.2) is 36.5 Å². The zero-order chi connectivity index (χ0) is 19.0. The Morgan fingerprint density at radius 3 is 1.84 bits per heavy atom. The molecule has 1 aromatic heterocycles.